The Morgan fingerprint density at radius 3 is 2.50 bits per heavy atom. The molecule has 1 aromatic carbocycles. The van der Waals surface area contributed by atoms with Gasteiger partial charge in [0.05, 0.1) is 24.7 Å². The summed E-state index contributed by atoms with van der Waals surface area (Å²) in [6.45, 7) is -0.173. The fourth-order valence-corrected chi connectivity index (χ4v) is 2.26. The summed E-state index contributed by atoms with van der Waals surface area (Å²) in [5, 5.41) is 27.9. The number of aliphatic hydroxyl groups is 3. The smallest absolute Gasteiger partial charge is 0.410 e. The number of nitrogens with zero attached hydrogens (tertiary/aromatic N) is 1. The number of rotatable bonds is 5. The second kappa shape index (κ2) is 6.21. The summed E-state index contributed by atoms with van der Waals surface area (Å²) < 4.78 is 5.14. The van der Waals surface area contributed by atoms with E-state index in [0.717, 1.165) is 5.56 Å². The molecule has 20 heavy (non-hydrogen) atoms. The van der Waals surface area contributed by atoms with Crippen LogP contribution in [0.15, 0.2) is 30.3 Å². The number of carbonyl (C=O) groups excluding carboxylic acids is 1. The lowest BCUT2D eigenvalue weighted by Gasteiger charge is -2.50. The van der Waals surface area contributed by atoms with Gasteiger partial charge in [-0.25, -0.2) is 4.79 Å². The third-order valence-electron chi connectivity index (χ3n) is 3.67. The van der Waals surface area contributed by atoms with Crippen LogP contribution >= 0.6 is 0 Å². The first-order valence-corrected chi connectivity index (χ1v) is 6.47. The third-order valence-corrected chi connectivity index (χ3v) is 3.67. The minimum Gasteiger partial charge on any atom is -0.445 e. The van der Waals surface area contributed by atoms with Crippen molar-refractivity contribution in [3.63, 3.8) is 0 Å². The zero-order valence-electron chi connectivity index (χ0n) is 11.1. The van der Waals surface area contributed by atoms with Crippen LogP contribution in [0.4, 0.5) is 4.79 Å². The van der Waals surface area contributed by atoms with Crippen molar-refractivity contribution in [2.45, 2.75) is 12.7 Å². The molecule has 0 bridgehead atoms. The zero-order valence-corrected chi connectivity index (χ0v) is 11.1. The molecule has 1 aromatic rings. The summed E-state index contributed by atoms with van der Waals surface area (Å²) in [5.41, 5.74) is 0.0609. The van der Waals surface area contributed by atoms with Crippen molar-refractivity contribution in [1.29, 1.82) is 0 Å². The maximum absolute atomic E-state index is 11.8. The average Bonchev–Trinajstić information content (AvgIpc) is 2.45. The Morgan fingerprint density at radius 1 is 1.30 bits per heavy atom. The van der Waals surface area contributed by atoms with Crippen LogP contribution in [0, 0.1) is 5.41 Å². The van der Waals surface area contributed by atoms with Crippen molar-refractivity contribution in [1.82, 2.24) is 4.90 Å². The van der Waals surface area contributed by atoms with Gasteiger partial charge in [-0.3, -0.25) is 0 Å². The van der Waals surface area contributed by atoms with Crippen molar-refractivity contribution >= 4 is 6.09 Å². The Labute approximate surface area is 117 Å². The van der Waals surface area contributed by atoms with Gasteiger partial charge in [0.25, 0.3) is 0 Å². The molecule has 1 saturated heterocycles. The highest BCUT2D eigenvalue weighted by molar-refractivity contribution is 5.69. The number of benzene rings is 1. The van der Waals surface area contributed by atoms with E-state index in [1.54, 1.807) is 0 Å². The molecule has 0 aromatic heterocycles. The van der Waals surface area contributed by atoms with Gasteiger partial charge in [0, 0.05) is 13.1 Å². The van der Waals surface area contributed by atoms with E-state index in [9.17, 15) is 15.0 Å². The van der Waals surface area contributed by atoms with Crippen molar-refractivity contribution in [2.75, 3.05) is 26.3 Å². The van der Waals surface area contributed by atoms with E-state index in [4.69, 9.17) is 9.84 Å². The number of likely N-dealkylation sites (tertiary alicyclic amines) is 1. The summed E-state index contributed by atoms with van der Waals surface area (Å²) in [6, 6.07) is 9.32. The molecule has 0 spiro atoms. The zero-order chi connectivity index (χ0) is 14.6. The molecule has 1 atom stereocenters. The number of ether oxygens (including phenoxy) is 1. The third kappa shape index (κ3) is 2.92. The highest BCUT2D eigenvalue weighted by Gasteiger charge is 2.50. The number of amides is 1. The lowest BCUT2D eigenvalue weighted by molar-refractivity contribution is -0.125. The summed E-state index contributed by atoms with van der Waals surface area (Å²) >= 11 is 0. The van der Waals surface area contributed by atoms with E-state index in [-0.39, 0.29) is 26.3 Å². The highest BCUT2D eigenvalue weighted by Crippen LogP contribution is 2.34. The van der Waals surface area contributed by atoms with Crippen LogP contribution in [0.3, 0.4) is 0 Å². The van der Waals surface area contributed by atoms with Crippen LogP contribution in [-0.2, 0) is 11.3 Å². The molecule has 2 rings (SSSR count). The van der Waals surface area contributed by atoms with Crippen molar-refractivity contribution in [2.24, 2.45) is 5.41 Å². The predicted octanol–water partition coefficient (Wildman–Crippen LogP) is -0.0293. The molecule has 6 nitrogen and oxygen atoms in total. The molecule has 6 heteroatoms. The van der Waals surface area contributed by atoms with Gasteiger partial charge >= 0.3 is 6.09 Å². The summed E-state index contributed by atoms with van der Waals surface area (Å²) in [7, 11) is 0. The summed E-state index contributed by atoms with van der Waals surface area (Å²) in [5.74, 6) is 0. The number of carbonyl (C=O) groups is 1. The van der Waals surface area contributed by atoms with Crippen LogP contribution < -0.4 is 0 Å². The largest absolute Gasteiger partial charge is 0.445 e. The lowest BCUT2D eigenvalue weighted by Crippen LogP contribution is -2.66. The number of aliphatic hydroxyl groups excluding tert-OH is 3. The SMILES string of the molecule is O=C(OCc1ccccc1)N1CC(CO)(C(O)CO)C1. The van der Waals surface area contributed by atoms with E-state index in [1.807, 2.05) is 30.3 Å². The molecular weight excluding hydrogens is 262 g/mol. The Bertz CT molecular complexity index is 444. The van der Waals surface area contributed by atoms with Crippen LogP contribution in [0.1, 0.15) is 5.56 Å². The van der Waals surface area contributed by atoms with Gasteiger partial charge in [-0.1, -0.05) is 30.3 Å². The molecule has 1 amide bonds. The maximum Gasteiger partial charge on any atom is 0.410 e. The topological polar surface area (TPSA) is 90.2 Å². The second-order valence-corrected chi connectivity index (χ2v) is 5.12. The first-order chi connectivity index (χ1) is 9.61. The normalized spacial score (nSPS) is 18.2. The molecule has 1 aliphatic heterocycles. The second-order valence-electron chi connectivity index (χ2n) is 5.12. The average molecular weight is 281 g/mol. The van der Waals surface area contributed by atoms with E-state index in [0.29, 0.717) is 0 Å². The Hall–Kier alpha value is -1.63. The summed E-state index contributed by atoms with van der Waals surface area (Å²) in [4.78, 5) is 13.2. The quantitative estimate of drug-likeness (QED) is 0.705. The standard InChI is InChI=1S/C14H19NO5/c16-6-12(18)14(10-17)8-15(9-14)13(19)20-7-11-4-2-1-3-5-11/h1-5,12,16-18H,6-10H2. The van der Waals surface area contributed by atoms with Crippen LogP contribution in [0.5, 0.6) is 0 Å². The van der Waals surface area contributed by atoms with Gasteiger partial charge in [-0.05, 0) is 5.56 Å². The minimum atomic E-state index is -1.04. The molecular formula is C14H19NO5. The fourth-order valence-electron chi connectivity index (χ4n) is 2.26. The van der Waals surface area contributed by atoms with Crippen molar-refractivity contribution in [3.05, 3.63) is 35.9 Å². The van der Waals surface area contributed by atoms with Gasteiger partial charge in [-0.2, -0.15) is 0 Å². The Morgan fingerprint density at radius 2 is 1.95 bits per heavy atom. The molecule has 1 aliphatic rings. The molecule has 0 radical (unpaired) electrons. The van der Waals surface area contributed by atoms with E-state index < -0.39 is 24.2 Å². The first kappa shape index (κ1) is 14.8. The van der Waals surface area contributed by atoms with Crippen LogP contribution in [-0.4, -0.2) is 58.7 Å². The summed E-state index contributed by atoms with van der Waals surface area (Å²) in [6.07, 6.45) is -1.52. The van der Waals surface area contributed by atoms with E-state index in [1.165, 1.54) is 4.90 Å². The first-order valence-electron chi connectivity index (χ1n) is 6.47. The molecule has 3 N–H and O–H groups in total. The molecule has 1 heterocycles. The molecule has 110 valence electrons. The fraction of sp³-hybridized carbons (Fsp3) is 0.500. The van der Waals surface area contributed by atoms with Gasteiger partial charge < -0.3 is 25.0 Å². The molecule has 0 saturated carbocycles. The number of hydrogen-bond acceptors (Lipinski definition) is 5. The molecule has 1 fully saturated rings. The van der Waals surface area contributed by atoms with Gasteiger partial charge in [0.15, 0.2) is 0 Å². The lowest BCUT2D eigenvalue weighted by atomic mass is 9.76. The van der Waals surface area contributed by atoms with E-state index in [2.05, 4.69) is 0 Å². The maximum atomic E-state index is 11.8. The van der Waals surface area contributed by atoms with Gasteiger partial charge in [-0.15, -0.1) is 0 Å². The molecule has 0 aliphatic carbocycles. The van der Waals surface area contributed by atoms with Crippen LogP contribution in [0.2, 0.25) is 0 Å². The predicted molar refractivity (Wildman–Crippen MR) is 70.8 cm³/mol. The minimum absolute atomic E-state index is 0.179. The van der Waals surface area contributed by atoms with Gasteiger partial charge in [0.1, 0.15) is 6.61 Å². The van der Waals surface area contributed by atoms with Gasteiger partial charge in [0.2, 0.25) is 0 Å². The Balaban J connectivity index is 1.81. The van der Waals surface area contributed by atoms with E-state index >= 15 is 0 Å². The molecule has 1 unspecified atom stereocenters. The number of hydrogen-bond donors (Lipinski definition) is 3. The monoisotopic (exact) mass is 281 g/mol. The highest BCUT2D eigenvalue weighted by atomic mass is 16.6. The van der Waals surface area contributed by atoms with Crippen molar-refractivity contribution in [3.8, 4) is 0 Å². The van der Waals surface area contributed by atoms with Crippen molar-refractivity contribution < 1.29 is 24.9 Å². The van der Waals surface area contributed by atoms with Crippen LogP contribution in [0.25, 0.3) is 0 Å². The Kier molecular flexibility index (Phi) is 4.59.